The highest BCUT2D eigenvalue weighted by molar-refractivity contribution is 7.98. The zero-order valence-electron chi connectivity index (χ0n) is 9.18. The first kappa shape index (κ1) is 11.3. The Morgan fingerprint density at radius 3 is 2.56 bits per heavy atom. The van der Waals surface area contributed by atoms with E-state index in [4.69, 9.17) is 0 Å². The molecule has 1 aliphatic heterocycles. The van der Waals surface area contributed by atoms with Crippen molar-refractivity contribution in [2.24, 2.45) is 0 Å². The predicted molar refractivity (Wildman–Crippen MR) is 66.3 cm³/mol. The molecule has 0 saturated carbocycles. The average Bonchev–Trinajstić information content (AvgIpc) is 2.81. The largest absolute Gasteiger partial charge is 0.371 e. The number of nitrogens with zero attached hydrogens (tertiary/aromatic N) is 2. The van der Waals surface area contributed by atoms with E-state index < -0.39 is 0 Å². The van der Waals surface area contributed by atoms with Gasteiger partial charge in [0.2, 0.25) is 0 Å². The highest BCUT2D eigenvalue weighted by Gasteiger charge is 2.16. The molecule has 1 aliphatic rings. The molecule has 0 unspecified atom stereocenters. The first-order valence-corrected chi connectivity index (χ1v) is 6.51. The Labute approximate surface area is 98.8 Å². The third-order valence-electron chi connectivity index (χ3n) is 2.79. The summed E-state index contributed by atoms with van der Waals surface area (Å²) in [6.45, 7) is 2.02. The second kappa shape index (κ2) is 4.74. The molecule has 0 bridgehead atoms. The zero-order valence-corrected chi connectivity index (χ0v) is 10.00. The molecule has 0 amide bonds. The van der Waals surface area contributed by atoms with Gasteiger partial charge in [-0.1, -0.05) is 0 Å². The summed E-state index contributed by atoms with van der Waals surface area (Å²) in [5.41, 5.74) is 1.17. The molecular weight excluding hydrogens is 224 g/mol. The monoisotopic (exact) mass is 238 g/mol. The molecule has 0 aromatic heterocycles. The Bertz CT molecular complexity index is 403. The Morgan fingerprint density at radius 2 is 2.00 bits per heavy atom. The fraction of sp³-hybridized carbons (Fsp3) is 0.455. The summed E-state index contributed by atoms with van der Waals surface area (Å²) in [5.74, 6) is 0. The van der Waals surface area contributed by atoms with Crippen LogP contribution in [0.25, 0.3) is 0 Å². The number of anilines is 1. The minimum atomic E-state index is -0.320. The molecular formula is C11H14N2O2S. The van der Waals surface area contributed by atoms with Crippen LogP contribution < -0.4 is 4.90 Å². The van der Waals surface area contributed by atoms with E-state index in [1.54, 1.807) is 23.9 Å². The van der Waals surface area contributed by atoms with E-state index in [-0.39, 0.29) is 10.6 Å². The lowest BCUT2D eigenvalue weighted by Crippen LogP contribution is -2.17. The number of hydrogen-bond acceptors (Lipinski definition) is 4. The van der Waals surface area contributed by atoms with Crippen molar-refractivity contribution in [3.63, 3.8) is 0 Å². The molecule has 16 heavy (non-hydrogen) atoms. The molecule has 1 saturated heterocycles. The van der Waals surface area contributed by atoms with Crippen molar-refractivity contribution in [2.45, 2.75) is 17.7 Å². The Hall–Kier alpha value is -1.23. The van der Waals surface area contributed by atoms with E-state index in [0.29, 0.717) is 0 Å². The quantitative estimate of drug-likeness (QED) is 0.461. The number of hydrogen-bond donors (Lipinski definition) is 0. The molecule has 0 spiro atoms. The second-order valence-corrected chi connectivity index (χ2v) is 4.72. The van der Waals surface area contributed by atoms with Crippen molar-refractivity contribution in [1.82, 2.24) is 0 Å². The number of non-ortho nitro benzene ring substituents is 1. The van der Waals surface area contributed by atoms with E-state index in [0.717, 1.165) is 23.7 Å². The summed E-state index contributed by atoms with van der Waals surface area (Å²) in [6.07, 6.45) is 4.29. The van der Waals surface area contributed by atoms with Crippen molar-refractivity contribution in [1.29, 1.82) is 0 Å². The van der Waals surface area contributed by atoms with Crippen LogP contribution in [0.15, 0.2) is 23.1 Å². The van der Waals surface area contributed by atoms with E-state index >= 15 is 0 Å². The number of nitro groups is 1. The van der Waals surface area contributed by atoms with Crippen LogP contribution in [0.4, 0.5) is 11.4 Å². The first-order valence-electron chi connectivity index (χ1n) is 5.29. The van der Waals surface area contributed by atoms with Gasteiger partial charge in [-0.3, -0.25) is 10.1 Å². The van der Waals surface area contributed by atoms with Crippen molar-refractivity contribution >= 4 is 23.1 Å². The molecule has 0 aliphatic carbocycles. The van der Waals surface area contributed by atoms with Gasteiger partial charge in [-0.25, -0.2) is 0 Å². The van der Waals surface area contributed by atoms with E-state index in [9.17, 15) is 10.1 Å². The van der Waals surface area contributed by atoms with E-state index in [1.165, 1.54) is 12.8 Å². The van der Waals surface area contributed by atoms with Crippen molar-refractivity contribution in [2.75, 3.05) is 24.2 Å². The van der Waals surface area contributed by atoms with Gasteiger partial charge in [0, 0.05) is 35.8 Å². The number of rotatable bonds is 3. The summed E-state index contributed by atoms with van der Waals surface area (Å²) in [7, 11) is 0. The lowest BCUT2D eigenvalue weighted by atomic mass is 10.2. The van der Waals surface area contributed by atoms with Gasteiger partial charge in [-0.05, 0) is 25.2 Å². The van der Waals surface area contributed by atoms with Crippen LogP contribution in [0.1, 0.15) is 12.8 Å². The highest BCUT2D eigenvalue weighted by Crippen LogP contribution is 2.30. The maximum atomic E-state index is 10.8. The summed E-state index contributed by atoms with van der Waals surface area (Å²) in [5, 5.41) is 10.8. The van der Waals surface area contributed by atoms with Crippen LogP contribution in [-0.2, 0) is 0 Å². The number of thioether (sulfide) groups is 1. The summed E-state index contributed by atoms with van der Waals surface area (Å²) in [6, 6.07) is 5.33. The molecule has 0 atom stereocenters. The molecule has 2 rings (SSSR count). The number of benzene rings is 1. The van der Waals surface area contributed by atoms with Crippen LogP contribution >= 0.6 is 11.8 Å². The summed E-state index contributed by atoms with van der Waals surface area (Å²) >= 11 is 1.54. The third kappa shape index (κ3) is 2.29. The Morgan fingerprint density at radius 1 is 1.31 bits per heavy atom. The minimum Gasteiger partial charge on any atom is -0.371 e. The van der Waals surface area contributed by atoms with Crippen LogP contribution in [0.5, 0.6) is 0 Å². The molecule has 5 heteroatoms. The standard InChI is InChI=1S/C11H14N2O2S/c1-16-11-7-9(12-4-2-3-5-12)6-10(8-11)13(14)15/h6-8H,2-5H2,1H3. The molecule has 0 N–H and O–H groups in total. The molecule has 1 fully saturated rings. The Kier molecular flexibility index (Phi) is 3.33. The van der Waals surface area contributed by atoms with E-state index in [1.807, 2.05) is 12.3 Å². The highest BCUT2D eigenvalue weighted by atomic mass is 32.2. The van der Waals surface area contributed by atoms with Crippen LogP contribution in [0.2, 0.25) is 0 Å². The van der Waals surface area contributed by atoms with E-state index in [2.05, 4.69) is 4.90 Å². The maximum Gasteiger partial charge on any atom is 0.272 e. The molecule has 4 nitrogen and oxygen atoms in total. The van der Waals surface area contributed by atoms with Gasteiger partial charge in [0.05, 0.1) is 4.92 Å². The molecule has 1 aromatic carbocycles. The van der Waals surface area contributed by atoms with Crippen molar-refractivity contribution < 1.29 is 4.92 Å². The lowest BCUT2D eigenvalue weighted by Gasteiger charge is -2.17. The Balaban J connectivity index is 2.35. The molecule has 1 heterocycles. The first-order chi connectivity index (χ1) is 7.70. The predicted octanol–water partition coefficient (Wildman–Crippen LogP) is 2.92. The van der Waals surface area contributed by atoms with Gasteiger partial charge in [0.25, 0.3) is 5.69 Å². The van der Waals surface area contributed by atoms with Gasteiger partial charge >= 0.3 is 0 Å². The maximum absolute atomic E-state index is 10.8. The minimum absolute atomic E-state index is 0.189. The second-order valence-electron chi connectivity index (χ2n) is 3.84. The average molecular weight is 238 g/mol. The van der Waals surface area contributed by atoms with Gasteiger partial charge < -0.3 is 4.90 Å². The van der Waals surface area contributed by atoms with Crippen LogP contribution in [0, 0.1) is 10.1 Å². The fourth-order valence-corrected chi connectivity index (χ4v) is 2.43. The normalized spacial score (nSPS) is 15.4. The topological polar surface area (TPSA) is 46.4 Å². The van der Waals surface area contributed by atoms with Crippen molar-refractivity contribution in [3.05, 3.63) is 28.3 Å². The summed E-state index contributed by atoms with van der Waals surface area (Å²) in [4.78, 5) is 13.7. The van der Waals surface area contributed by atoms with Gasteiger partial charge in [0.15, 0.2) is 0 Å². The molecule has 0 radical (unpaired) electrons. The SMILES string of the molecule is CSc1cc(N2CCCC2)cc([N+](=O)[O-])c1. The van der Waals surface area contributed by atoms with Crippen molar-refractivity contribution in [3.8, 4) is 0 Å². The summed E-state index contributed by atoms with van der Waals surface area (Å²) < 4.78 is 0. The van der Waals surface area contributed by atoms with Crippen LogP contribution in [0.3, 0.4) is 0 Å². The third-order valence-corrected chi connectivity index (χ3v) is 3.50. The van der Waals surface area contributed by atoms with Gasteiger partial charge in [-0.2, -0.15) is 0 Å². The molecule has 86 valence electrons. The number of nitro benzene ring substituents is 1. The van der Waals surface area contributed by atoms with Gasteiger partial charge in [0.1, 0.15) is 0 Å². The fourth-order valence-electron chi connectivity index (χ4n) is 1.95. The lowest BCUT2D eigenvalue weighted by molar-refractivity contribution is -0.385. The zero-order chi connectivity index (χ0) is 11.5. The molecule has 1 aromatic rings. The smallest absolute Gasteiger partial charge is 0.272 e. The van der Waals surface area contributed by atoms with Crippen LogP contribution in [-0.4, -0.2) is 24.3 Å². The van der Waals surface area contributed by atoms with Gasteiger partial charge in [-0.15, -0.1) is 11.8 Å².